The van der Waals surface area contributed by atoms with Gasteiger partial charge in [-0.25, -0.2) is 8.42 Å². The minimum atomic E-state index is -4.93. The average molecular weight is 671 g/mol. The summed E-state index contributed by atoms with van der Waals surface area (Å²) in [5, 5.41) is 0. The molecule has 0 amide bonds. The Bertz CT molecular complexity index is 2170. The van der Waals surface area contributed by atoms with E-state index in [0.29, 0.717) is 28.2 Å². The van der Waals surface area contributed by atoms with Crippen molar-refractivity contribution in [2.45, 2.75) is 41.4 Å². The molecule has 5 aromatic rings. The standard InChI is InChI=1S/C36H30O9S2/c1-3-25-6-4-8-30(20-25)44-29-14-16-32(17-15-29)46(39,40)33-18-19-35(36(23-33)47(41,42)43)45-31-9-5-7-26(21-31)22-34(38)28-12-10-27(11-13-28)24(2)37/h4-21,23H,3,22H2,1-2H3,(H,41,42,43). The van der Waals surface area contributed by atoms with Crippen molar-refractivity contribution in [3.8, 4) is 23.0 Å². The molecule has 11 heteroatoms. The molecule has 0 fully saturated rings. The number of rotatable bonds is 12. The highest BCUT2D eigenvalue weighted by Crippen LogP contribution is 2.34. The van der Waals surface area contributed by atoms with E-state index < -0.39 is 24.9 Å². The van der Waals surface area contributed by atoms with Crippen molar-refractivity contribution in [1.29, 1.82) is 0 Å². The molecule has 0 saturated carbocycles. The summed E-state index contributed by atoms with van der Waals surface area (Å²) in [5.74, 6) is 0.532. The molecule has 1 N–H and O–H groups in total. The van der Waals surface area contributed by atoms with Gasteiger partial charge in [0.2, 0.25) is 9.84 Å². The van der Waals surface area contributed by atoms with Gasteiger partial charge in [0.25, 0.3) is 10.1 Å². The monoisotopic (exact) mass is 670 g/mol. The fourth-order valence-corrected chi connectivity index (χ4v) is 6.75. The summed E-state index contributed by atoms with van der Waals surface area (Å²) in [6.45, 7) is 3.46. The summed E-state index contributed by atoms with van der Waals surface area (Å²) in [7, 11) is -9.14. The molecule has 0 bridgehead atoms. The van der Waals surface area contributed by atoms with Crippen molar-refractivity contribution in [2.24, 2.45) is 0 Å². The van der Waals surface area contributed by atoms with E-state index in [9.17, 15) is 31.0 Å². The molecule has 5 aromatic carbocycles. The van der Waals surface area contributed by atoms with Gasteiger partial charge in [-0.15, -0.1) is 0 Å². The first kappa shape index (κ1) is 33.3. The molecule has 0 aliphatic rings. The van der Waals surface area contributed by atoms with Gasteiger partial charge in [-0.3, -0.25) is 14.1 Å². The van der Waals surface area contributed by atoms with Crippen LogP contribution in [0.1, 0.15) is 45.7 Å². The van der Waals surface area contributed by atoms with Crippen LogP contribution in [0.15, 0.2) is 130 Å². The van der Waals surface area contributed by atoms with Gasteiger partial charge in [0, 0.05) is 17.5 Å². The molecule has 0 saturated heterocycles. The van der Waals surface area contributed by atoms with Gasteiger partial charge in [0.1, 0.15) is 27.9 Å². The molecule has 0 aliphatic carbocycles. The summed E-state index contributed by atoms with van der Waals surface area (Å²) >= 11 is 0. The summed E-state index contributed by atoms with van der Waals surface area (Å²) in [6, 6.07) is 29.0. The quantitative estimate of drug-likeness (QED) is 0.105. The maximum atomic E-state index is 13.4. The van der Waals surface area contributed by atoms with Gasteiger partial charge in [0.15, 0.2) is 11.6 Å². The summed E-state index contributed by atoms with van der Waals surface area (Å²) in [5.41, 5.74) is 2.54. The average Bonchev–Trinajstić information content (AvgIpc) is 3.05. The topological polar surface area (TPSA) is 141 Å². The van der Waals surface area contributed by atoms with Gasteiger partial charge in [-0.1, -0.05) is 55.5 Å². The first-order valence-electron chi connectivity index (χ1n) is 14.5. The number of ether oxygens (including phenoxy) is 2. The lowest BCUT2D eigenvalue weighted by molar-refractivity contribution is 0.0987. The highest BCUT2D eigenvalue weighted by molar-refractivity contribution is 7.91. The Morgan fingerprint density at radius 2 is 1.21 bits per heavy atom. The van der Waals surface area contributed by atoms with Crippen LogP contribution in [0.25, 0.3) is 0 Å². The van der Waals surface area contributed by atoms with E-state index >= 15 is 0 Å². The molecule has 0 unspecified atom stereocenters. The molecule has 0 spiro atoms. The minimum absolute atomic E-state index is 0.00604. The lowest BCUT2D eigenvalue weighted by atomic mass is 10.0. The maximum absolute atomic E-state index is 13.4. The maximum Gasteiger partial charge on any atom is 0.298 e. The van der Waals surface area contributed by atoms with E-state index in [4.69, 9.17) is 9.47 Å². The number of carbonyl (C=O) groups is 2. The largest absolute Gasteiger partial charge is 0.457 e. The Morgan fingerprint density at radius 1 is 0.638 bits per heavy atom. The Balaban J connectivity index is 1.35. The smallest absolute Gasteiger partial charge is 0.298 e. The molecule has 0 radical (unpaired) electrons. The number of hydrogen-bond donors (Lipinski definition) is 1. The lowest BCUT2D eigenvalue weighted by Gasteiger charge is -2.13. The molecule has 0 aliphatic heterocycles. The van der Waals surface area contributed by atoms with Gasteiger partial charge in [-0.2, -0.15) is 8.42 Å². The zero-order valence-electron chi connectivity index (χ0n) is 25.4. The third kappa shape index (κ3) is 8.01. The number of benzene rings is 5. The van der Waals surface area contributed by atoms with E-state index in [1.54, 1.807) is 42.5 Å². The fourth-order valence-electron chi connectivity index (χ4n) is 4.75. The Kier molecular flexibility index (Phi) is 9.71. The molecule has 0 atom stereocenters. The number of carbonyl (C=O) groups excluding carboxylic acids is 2. The fraction of sp³-hybridized carbons (Fsp3) is 0.111. The van der Waals surface area contributed by atoms with E-state index in [2.05, 4.69) is 0 Å². The highest BCUT2D eigenvalue weighted by Gasteiger charge is 2.25. The predicted octanol–water partition coefficient (Wildman–Crippen LogP) is 7.54. The normalized spacial score (nSPS) is 11.6. The number of aryl methyl sites for hydroxylation is 1. The van der Waals surface area contributed by atoms with Crippen LogP contribution >= 0.6 is 0 Å². The Morgan fingerprint density at radius 3 is 1.83 bits per heavy atom. The highest BCUT2D eigenvalue weighted by atomic mass is 32.2. The van der Waals surface area contributed by atoms with Crippen LogP contribution in [0.3, 0.4) is 0 Å². The second-order valence-electron chi connectivity index (χ2n) is 10.6. The van der Waals surface area contributed by atoms with Crippen LogP contribution in [0.5, 0.6) is 23.0 Å². The molecule has 5 rings (SSSR count). The second-order valence-corrected chi connectivity index (χ2v) is 14.0. The van der Waals surface area contributed by atoms with E-state index in [1.165, 1.54) is 49.4 Å². The van der Waals surface area contributed by atoms with Crippen LogP contribution in [0.4, 0.5) is 0 Å². The molecule has 0 aromatic heterocycles. The van der Waals surface area contributed by atoms with Crippen LogP contribution in [-0.4, -0.2) is 33.0 Å². The van der Waals surface area contributed by atoms with Crippen LogP contribution < -0.4 is 9.47 Å². The van der Waals surface area contributed by atoms with Crippen LogP contribution in [0.2, 0.25) is 0 Å². The number of sulfone groups is 1. The predicted molar refractivity (Wildman–Crippen MR) is 175 cm³/mol. The van der Waals surface area contributed by atoms with E-state index in [0.717, 1.165) is 24.1 Å². The first-order valence-corrected chi connectivity index (χ1v) is 17.4. The van der Waals surface area contributed by atoms with E-state index in [-0.39, 0.29) is 39.3 Å². The molecular weight excluding hydrogens is 641 g/mol. The summed E-state index contributed by atoms with van der Waals surface area (Å²) in [4.78, 5) is 23.1. The van der Waals surface area contributed by atoms with Crippen molar-refractivity contribution in [3.63, 3.8) is 0 Å². The van der Waals surface area contributed by atoms with Gasteiger partial charge < -0.3 is 9.47 Å². The Hall–Kier alpha value is -5.10. The third-order valence-electron chi connectivity index (χ3n) is 7.28. The number of Topliss-reactive ketones (excluding diaryl/α,β-unsaturated/α-hetero) is 2. The molecule has 240 valence electrons. The van der Waals surface area contributed by atoms with Crippen molar-refractivity contribution in [2.75, 3.05) is 0 Å². The van der Waals surface area contributed by atoms with Crippen LogP contribution in [-0.2, 0) is 32.8 Å². The summed E-state index contributed by atoms with van der Waals surface area (Å²) in [6.07, 6.45) is 0.825. The van der Waals surface area contributed by atoms with Gasteiger partial charge in [-0.05, 0) is 91.2 Å². The third-order valence-corrected chi connectivity index (χ3v) is 9.93. The van der Waals surface area contributed by atoms with Crippen molar-refractivity contribution in [3.05, 3.63) is 138 Å². The second kappa shape index (κ2) is 13.7. The zero-order chi connectivity index (χ0) is 33.8. The SMILES string of the molecule is CCc1cccc(Oc2ccc(S(=O)(=O)c3ccc(Oc4cccc(CC(=O)c5ccc(C(C)=O)cc5)c4)c(S(=O)(=O)O)c3)cc2)c1. The lowest BCUT2D eigenvalue weighted by Crippen LogP contribution is -2.07. The molecule has 0 heterocycles. The van der Waals surface area contributed by atoms with Gasteiger partial charge >= 0.3 is 0 Å². The minimum Gasteiger partial charge on any atom is -0.457 e. The molecule has 9 nitrogen and oxygen atoms in total. The van der Waals surface area contributed by atoms with Crippen LogP contribution in [0, 0.1) is 0 Å². The number of ketones is 2. The number of hydrogen-bond acceptors (Lipinski definition) is 8. The van der Waals surface area contributed by atoms with Gasteiger partial charge in [0.05, 0.1) is 9.79 Å². The first-order chi connectivity index (χ1) is 22.3. The summed E-state index contributed by atoms with van der Waals surface area (Å²) < 4.78 is 73.2. The Labute approximate surface area is 273 Å². The van der Waals surface area contributed by atoms with Crippen molar-refractivity contribution in [1.82, 2.24) is 0 Å². The van der Waals surface area contributed by atoms with Crippen molar-refractivity contribution < 1.29 is 40.5 Å². The van der Waals surface area contributed by atoms with E-state index in [1.807, 2.05) is 25.1 Å². The molecule has 47 heavy (non-hydrogen) atoms. The van der Waals surface area contributed by atoms with Crippen molar-refractivity contribution >= 4 is 31.5 Å². The zero-order valence-corrected chi connectivity index (χ0v) is 27.0. The molecular formula is C36H30O9S2.